The SMILES string of the molecule is COCCN(Cc1cccs1)C(=O)c1ccc(OC)c(F)c1F. The van der Waals surface area contributed by atoms with Crippen LogP contribution in [0.25, 0.3) is 0 Å². The summed E-state index contributed by atoms with van der Waals surface area (Å²) in [5, 5.41) is 1.89. The first-order valence-corrected chi connectivity index (χ1v) is 7.79. The van der Waals surface area contributed by atoms with Crippen LogP contribution in [0.5, 0.6) is 5.75 Å². The first-order valence-electron chi connectivity index (χ1n) is 6.91. The minimum atomic E-state index is -1.21. The van der Waals surface area contributed by atoms with E-state index in [1.165, 1.54) is 42.6 Å². The summed E-state index contributed by atoms with van der Waals surface area (Å²) in [6.45, 7) is 0.893. The van der Waals surface area contributed by atoms with E-state index in [9.17, 15) is 13.6 Å². The van der Waals surface area contributed by atoms with Gasteiger partial charge in [0.25, 0.3) is 5.91 Å². The lowest BCUT2D eigenvalue weighted by molar-refractivity contribution is 0.0676. The third-order valence-electron chi connectivity index (χ3n) is 3.28. The second-order valence-electron chi connectivity index (χ2n) is 4.74. The number of ether oxygens (including phenoxy) is 2. The first kappa shape index (κ1) is 17.4. The second-order valence-corrected chi connectivity index (χ2v) is 5.77. The number of halogens is 2. The van der Waals surface area contributed by atoms with Gasteiger partial charge >= 0.3 is 0 Å². The lowest BCUT2D eigenvalue weighted by Crippen LogP contribution is -2.34. The smallest absolute Gasteiger partial charge is 0.257 e. The lowest BCUT2D eigenvalue weighted by atomic mass is 10.1. The van der Waals surface area contributed by atoms with Gasteiger partial charge in [0, 0.05) is 18.5 Å². The van der Waals surface area contributed by atoms with Crippen molar-refractivity contribution < 1.29 is 23.0 Å². The van der Waals surface area contributed by atoms with E-state index in [4.69, 9.17) is 9.47 Å². The molecule has 0 saturated heterocycles. The number of methoxy groups -OCH3 is 2. The van der Waals surface area contributed by atoms with Crippen molar-refractivity contribution in [1.29, 1.82) is 0 Å². The van der Waals surface area contributed by atoms with Gasteiger partial charge in [0.05, 0.1) is 25.8 Å². The number of carbonyl (C=O) groups is 1. The molecule has 2 rings (SSSR count). The number of hydrogen-bond donors (Lipinski definition) is 0. The van der Waals surface area contributed by atoms with E-state index in [1.807, 2.05) is 17.5 Å². The molecule has 0 fully saturated rings. The highest BCUT2D eigenvalue weighted by molar-refractivity contribution is 7.09. The fraction of sp³-hybridized carbons (Fsp3) is 0.312. The molecule has 1 aromatic heterocycles. The summed E-state index contributed by atoms with van der Waals surface area (Å²) < 4.78 is 37.7. The summed E-state index contributed by atoms with van der Waals surface area (Å²) in [5.41, 5.74) is -0.323. The minimum Gasteiger partial charge on any atom is -0.494 e. The quantitative estimate of drug-likeness (QED) is 0.775. The molecule has 4 nitrogen and oxygen atoms in total. The molecule has 0 aliphatic rings. The summed E-state index contributed by atoms with van der Waals surface area (Å²) in [6, 6.07) is 6.22. The van der Waals surface area contributed by atoms with Crippen molar-refractivity contribution in [3.05, 3.63) is 51.7 Å². The normalized spacial score (nSPS) is 10.6. The molecule has 0 atom stereocenters. The van der Waals surface area contributed by atoms with Crippen LogP contribution in [-0.2, 0) is 11.3 Å². The van der Waals surface area contributed by atoms with Crippen molar-refractivity contribution in [2.24, 2.45) is 0 Å². The van der Waals surface area contributed by atoms with Gasteiger partial charge in [-0.25, -0.2) is 4.39 Å². The van der Waals surface area contributed by atoms with E-state index in [0.717, 1.165) is 4.88 Å². The molecular weight excluding hydrogens is 324 g/mol. The van der Waals surface area contributed by atoms with Gasteiger partial charge in [-0.05, 0) is 23.6 Å². The maximum absolute atomic E-state index is 14.1. The predicted molar refractivity (Wildman–Crippen MR) is 83.8 cm³/mol. The molecule has 0 unspecified atom stereocenters. The Morgan fingerprint density at radius 1 is 1.22 bits per heavy atom. The van der Waals surface area contributed by atoms with E-state index in [-0.39, 0.29) is 17.9 Å². The Morgan fingerprint density at radius 3 is 2.61 bits per heavy atom. The van der Waals surface area contributed by atoms with Crippen LogP contribution in [0.2, 0.25) is 0 Å². The molecule has 7 heteroatoms. The second kappa shape index (κ2) is 8.03. The number of carbonyl (C=O) groups excluding carboxylic acids is 1. The molecule has 1 aromatic carbocycles. The number of benzene rings is 1. The lowest BCUT2D eigenvalue weighted by Gasteiger charge is -2.22. The molecule has 1 amide bonds. The maximum Gasteiger partial charge on any atom is 0.257 e. The molecule has 0 N–H and O–H groups in total. The number of amides is 1. The van der Waals surface area contributed by atoms with Gasteiger partial charge in [-0.3, -0.25) is 4.79 Å². The largest absolute Gasteiger partial charge is 0.494 e. The number of thiophene rings is 1. The Labute approximate surface area is 137 Å². The summed E-state index contributed by atoms with van der Waals surface area (Å²) >= 11 is 1.49. The van der Waals surface area contributed by atoms with Crippen LogP contribution in [0.15, 0.2) is 29.6 Å². The Kier molecular flexibility index (Phi) is 6.06. The van der Waals surface area contributed by atoms with Gasteiger partial charge in [-0.15, -0.1) is 11.3 Å². The van der Waals surface area contributed by atoms with E-state index in [0.29, 0.717) is 13.2 Å². The zero-order valence-corrected chi connectivity index (χ0v) is 13.7. The van der Waals surface area contributed by atoms with Gasteiger partial charge in [0.15, 0.2) is 11.6 Å². The maximum atomic E-state index is 14.1. The number of hydrogen-bond acceptors (Lipinski definition) is 4. The number of rotatable bonds is 7. The van der Waals surface area contributed by atoms with Gasteiger partial charge in [-0.1, -0.05) is 6.07 Å². The monoisotopic (exact) mass is 341 g/mol. The van der Waals surface area contributed by atoms with Crippen LogP contribution in [-0.4, -0.2) is 38.2 Å². The predicted octanol–water partition coefficient (Wildman–Crippen LogP) is 3.32. The Hall–Kier alpha value is -1.99. The average molecular weight is 341 g/mol. The highest BCUT2D eigenvalue weighted by atomic mass is 32.1. The van der Waals surface area contributed by atoms with E-state index in [1.54, 1.807) is 0 Å². The molecule has 0 aliphatic heterocycles. The Morgan fingerprint density at radius 2 is 2.00 bits per heavy atom. The van der Waals surface area contributed by atoms with Gasteiger partial charge in [0.1, 0.15) is 0 Å². The molecule has 124 valence electrons. The molecule has 0 saturated carbocycles. The van der Waals surface area contributed by atoms with Gasteiger partial charge in [0.2, 0.25) is 5.82 Å². The zero-order valence-electron chi connectivity index (χ0n) is 12.8. The van der Waals surface area contributed by atoms with Crippen LogP contribution in [0.4, 0.5) is 8.78 Å². The number of nitrogens with zero attached hydrogens (tertiary/aromatic N) is 1. The van der Waals surface area contributed by atoms with Crippen LogP contribution in [0.1, 0.15) is 15.2 Å². The van der Waals surface area contributed by atoms with Gasteiger partial charge < -0.3 is 14.4 Å². The molecule has 1 heterocycles. The van der Waals surface area contributed by atoms with Crippen molar-refractivity contribution in [3.8, 4) is 5.75 Å². The van der Waals surface area contributed by atoms with Crippen LogP contribution in [0, 0.1) is 11.6 Å². The topological polar surface area (TPSA) is 38.8 Å². The van der Waals surface area contributed by atoms with Crippen molar-refractivity contribution >= 4 is 17.2 Å². The zero-order chi connectivity index (χ0) is 16.8. The fourth-order valence-electron chi connectivity index (χ4n) is 2.07. The highest BCUT2D eigenvalue weighted by Gasteiger charge is 2.23. The van der Waals surface area contributed by atoms with Crippen LogP contribution >= 0.6 is 11.3 Å². The van der Waals surface area contributed by atoms with Crippen molar-refractivity contribution in [2.75, 3.05) is 27.4 Å². The van der Waals surface area contributed by atoms with Crippen LogP contribution in [0.3, 0.4) is 0 Å². The third kappa shape index (κ3) is 4.05. The van der Waals surface area contributed by atoms with E-state index in [2.05, 4.69) is 0 Å². The molecule has 2 aromatic rings. The molecule has 0 radical (unpaired) electrons. The summed E-state index contributed by atoms with van der Waals surface area (Å²) in [7, 11) is 2.75. The Bertz CT molecular complexity index is 662. The highest BCUT2D eigenvalue weighted by Crippen LogP contribution is 2.24. The van der Waals surface area contributed by atoms with Crippen molar-refractivity contribution in [2.45, 2.75) is 6.54 Å². The summed E-state index contributed by atoms with van der Waals surface area (Å²) in [5.74, 6) is -3.20. The first-order chi connectivity index (χ1) is 11.1. The van der Waals surface area contributed by atoms with Crippen LogP contribution < -0.4 is 4.74 Å². The van der Waals surface area contributed by atoms with E-state index >= 15 is 0 Å². The molecule has 23 heavy (non-hydrogen) atoms. The fourth-order valence-corrected chi connectivity index (χ4v) is 2.79. The summed E-state index contributed by atoms with van der Waals surface area (Å²) in [6.07, 6.45) is 0. The average Bonchev–Trinajstić information content (AvgIpc) is 3.06. The third-order valence-corrected chi connectivity index (χ3v) is 4.14. The van der Waals surface area contributed by atoms with E-state index < -0.39 is 17.5 Å². The van der Waals surface area contributed by atoms with Crippen molar-refractivity contribution in [3.63, 3.8) is 0 Å². The Balaban J connectivity index is 2.27. The summed E-state index contributed by atoms with van der Waals surface area (Å²) in [4.78, 5) is 15.0. The van der Waals surface area contributed by atoms with Gasteiger partial charge in [-0.2, -0.15) is 4.39 Å². The van der Waals surface area contributed by atoms with Crippen molar-refractivity contribution in [1.82, 2.24) is 4.90 Å². The minimum absolute atomic E-state index is 0.235. The molecular formula is C16H17F2NO3S. The molecule has 0 aliphatic carbocycles. The molecule has 0 spiro atoms. The standard InChI is InChI=1S/C16H17F2NO3S/c1-21-8-7-19(10-11-4-3-9-23-11)16(20)12-5-6-13(22-2)15(18)14(12)17/h3-6,9H,7-8,10H2,1-2H3. The molecule has 0 bridgehead atoms.